The quantitative estimate of drug-likeness (QED) is 0.905. The molecule has 0 spiro atoms. The smallest absolute Gasteiger partial charge is 0.266 e. The Labute approximate surface area is 114 Å². The van der Waals surface area contributed by atoms with E-state index in [2.05, 4.69) is 22.0 Å². The third kappa shape index (κ3) is 2.36. The predicted molar refractivity (Wildman–Crippen MR) is 74.1 cm³/mol. The summed E-state index contributed by atoms with van der Waals surface area (Å²) in [6.45, 7) is 5.02. The average molecular weight is 264 g/mol. The molecule has 2 heterocycles. The average Bonchev–Trinajstić information content (AvgIpc) is 3.11. The summed E-state index contributed by atoms with van der Waals surface area (Å²) in [7, 11) is 0. The van der Waals surface area contributed by atoms with E-state index in [1.54, 1.807) is 0 Å². The summed E-state index contributed by atoms with van der Waals surface area (Å²) in [6, 6.07) is 0. The van der Waals surface area contributed by atoms with Crippen molar-refractivity contribution >= 4 is 5.95 Å². The first-order valence-electron chi connectivity index (χ1n) is 7.53. The van der Waals surface area contributed by atoms with Gasteiger partial charge in [-0.1, -0.05) is 6.92 Å². The number of hydrogen-bond acceptors (Lipinski definition) is 5. The third-order valence-corrected chi connectivity index (χ3v) is 4.88. The van der Waals surface area contributed by atoms with E-state index in [4.69, 9.17) is 10.3 Å². The van der Waals surface area contributed by atoms with Crippen molar-refractivity contribution in [2.75, 3.05) is 24.5 Å². The van der Waals surface area contributed by atoms with Gasteiger partial charge >= 0.3 is 0 Å². The zero-order chi connectivity index (χ0) is 13.3. The second kappa shape index (κ2) is 5.12. The minimum absolute atomic E-state index is 0.0719. The van der Waals surface area contributed by atoms with Gasteiger partial charge in [0, 0.05) is 19.6 Å². The fourth-order valence-electron chi connectivity index (χ4n) is 3.30. The molecule has 1 saturated heterocycles. The minimum Gasteiger partial charge on any atom is -0.338 e. The molecule has 5 heteroatoms. The van der Waals surface area contributed by atoms with Crippen molar-refractivity contribution in [2.24, 2.45) is 11.7 Å². The maximum absolute atomic E-state index is 6.04. The van der Waals surface area contributed by atoms with Crippen LogP contribution in [0.1, 0.15) is 51.3 Å². The van der Waals surface area contributed by atoms with Crippen LogP contribution in [0.4, 0.5) is 5.95 Å². The highest BCUT2D eigenvalue weighted by Gasteiger charge is 2.40. The van der Waals surface area contributed by atoms with Gasteiger partial charge in [-0.05, 0) is 49.6 Å². The van der Waals surface area contributed by atoms with Crippen LogP contribution in [0, 0.1) is 5.92 Å². The van der Waals surface area contributed by atoms with Gasteiger partial charge < -0.3 is 15.2 Å². The summed E-state index contributed by atoms with van der Waals surface area (Å²) >= 11 is 0. The SMILES string of the molecule is CC1CCC(CN)(c2nc(N3CCCC3)no2)CC1. The first-order valence-corrected chi connectivity index (χ1v) is 7.53. The molecule has 2 fully saturated rings. The van der Waals surface area contributed by atoms with Gasteiger partial charge in [0.15, 0.2) is 0 Å². The van der Waals surface area contributed by atoms with Crippen molar-refractivity contribution in [1.29, 1.82) is 0 Å². The van der Waals surface area contributed by atoms with Gasteiger partial charge in [0.25, 0.3) is 5.95 Å². The van der Waals surface area contributed by atoms with Crippen molar-refractivity contribution in [3.63, 3.8) is 0 Å². The molecule has 0 atom stereocenters. The summed E-state index contributed by atoms with van der Waals surface area (Å²) in [6.07, 6.45) is 7.02. The van der Waals surface area contributed by atoms with Crippen molar-refractivity contribution < 1.29 is 4.52 Å². The molecule has 0 radical (unpaired) electrons. The van der Waals surface area contributed by atoms with Crippen LogP contribution in [0.5, 0.6) is 0 Å². The molecular weight excluding hydrogens is 240 g/mol. The standard InChI is InChI=1S/C14H24N4O/c1-11-4-6-14(10-15,7-5-11)12-16-13(17-19-12)18-8-2-3-9-18/h11H,2-10,15H2,1H3. The van der Waals surface area contributed by atoms with Crippen molar-refractivity contribution in [2.45, 2.75) is 50.9 Å². The van der Waals surface area contributed by atoms with E-state index in [9.17, 15) is 0 Å². The molecule has 1 saturated carbocycles. The van der Waals surface area contributed by atoms with Gasteiger partial charge in [-0.2, -0.15) is 4.98 Å². The summed E-state index contributed by atoms with van der Waals surface area (Å²) in [5.74, 6) is 2.32. The molecule has 0 bridgehead atoms. The van der Waals surface area contributed by atoms with Crippen LogP contribution in [0.15, 0.2) is 4.52 Å². The molecular formula is C14H24N4O. The molecule has 106 valence electrons. The Balaban J connectivity index is 1.79. The van der Waals surface area contributed by atoms with Crippen LogP contribution in [0.25, 0.3) is 0 Å². The highest BCUT2D eigenvalue weighted by Crippen LogP contribution is 2.40. The lowest BCUT2D eigenvalue weighted by Crippen LogP contribution is -2.39. The first kappa shape index (κ1) is 12.9. The minimum atomic E-state index is -0.0719. The molecule has 1 aromatic rings. The van der Waals surface area contributed by atoms with Crippen LogP contribution in [-0.2, 0) is 5.41 Å². The van der Waals surface area contributed by atoms with E-state index in [1.807, 2.05) is 0 Å². The number of rotatable bonds is 3. The Kier molecular flexibility index (Phi) is 3.48. The predicted octanol–water partition coefficient (Wildman–Crippen LogP) is 2.08. The monoisotopic (exact) mass is 264 g/mol. The maximum atomic E-state index is 6.04. The zero-order valence-corrected chi connectivity index (χ0v) is 11.8. The Bertz CT molecular complexity index is 417. The molecule has 5 nitrogen and oxygen atoms in total. The molecule has 3 rings (SSSR count). The number of aromatic nitrogens is 2. The Morgan fingerprint density at radius 3 is 2.63 bits per heavy atom. The topological polar surface area (TPSA) is 68.2 Å². The fraction of sp³-hybridized carbons (Fsp3) is 0.857. The Hall–Kier alpha value is -1.10. The molecule has 0 unspecified atom stereocenters. The molecule has 19 heavy (non-hydrogen) atoms. The number of hydrogen-bond donors (Lipinski definition) is 1. The molecule has 1 aliphatic carbocycles. The molecule has 2 aliphatic rings. The molecule has 0 amide bonds. The number of nitrogens with two attached hydrogens (primary N) is 1. The van der Waals surface area contributed by atoms with Crippen molar-refractivity contribution in [3.05, 3.63) is 5.89 Å². The Morgan fingerprint density at radius 2 is 2.00 bits per heavy atom. The van der Waals surface area contributed by atoms with Gasteiger partial charge in [0.1, 0.15) is 0 Å². The molecule has 1 aliphatic heterocycles. The maximum Gasteiger partial charge on any atom is 0.266 e. The van der Waals surface area contributed by atoms with Crippen LogP contribution in [0.3, 0.4) is 0 Å². The normalized spacial score (nSPS) is 31.9. The molecule has 1 aromatic heterocycles. The van der Waals surface area contributed by atoms with Crippen LogP contribution in [-0.4, -0.2) is 29.8 Å². The summed E-state index contributed by atoms with van der Waals surface area (Å²) in [5, 5.41) is 4.17. The lowest BCUT2D eigenvalue weighted by atomic mass is 9.71. The third-order valence-electron chi connectivity index (χ3n) is 4.88. The summed E-state index contributed by atoms with van der Waals surface area (Å²) < 4.78 is 5.56. The lowest BCUT2D eigenvalue weighted by Gasteiger charge is -2.35. The van der Waals surface area contributed by atoms with Crippen molar-refractivity contribution in [3.8, 4) is 0 Å². The van der Waals surface area contributed by atoms with Gasteiger partial charge in [-0.25, -0.2) is 0 Å². The van der Waals surface area contributed by atoms with E-state index >= 15 is 0 Å². The highest BCUT2D eigenvalue weighted by atomic mass is 16.5. The summed E-state index contributed by atoms with van der Waals surface area (Å²) in [5.41, 5.74) is 5.97. The first-order chi connectivity index (χ1) is 9.23. The van der Waals surface area contributed by atoms with E-state index in [1.165, 1.54) is 25.7 Å². The molecule has 0 aromatic carbocycles. The van der Waals surface area contributed by atoms with Crippen molar-refractivity contribution in [1.82, 2.24) is 10.1 Å². The van der Waals surface area contributed by atoms with Gasteiger partial charge in [-0.3, -0.25) is 0 Å². The van der Waals surface area contributed by atoms with Crippen LogP contribution < -0.4 is 10.6 Å². The van der Waals surface area contributed by atoms with E-state index in [0.29, 0.717) is 6.54 Å². The zero-order valence-electron chi connectivity index (χ0n) is 11.8. The van der Waals surface area contributed by atoms with E-state index < -0.39 is 0 Å². The van der Waals surface area contributed by atoms with E-state index in [-0.39, 0.29) is 5.41 Å². The van der Waals surface area contributed by atoms with E-state index in [0.717, 1.165) is 43.7 Å². The second-order valence-electron chi connectivity index (χ2n) is 6.26. The van der Waals surface area contributed by atoms with Gasteiger partial charge in [0.2, 0.25) is 5.89 Å². The van der Waals surface area contributed by atoms with Crippen LogP contribution >= 0.6 is 0 Å². The van der Waals surface area contributed by atoms with Crippen LogP contribution in [0.2, 0.25) is 0 Å². The van der Waals surface area contributed by atoms with Gasteiger partial charge in [0.05, 0.1) is 5.41 Å². The second-order valence-corrected chi connectivity index (χ2v) is 6.26. The van der Waals surface area contributed by atoms with Gasteiger partial charge in [-0.15, -0.1) is 0 Å². The number of anilines is 1. The fourth-order valence-corrected chi connectivity index (χ4v) is 3.30. The Morgan fingerprint density at radius 1 is 1.32 bits per heavy atom. The lowest BCUT2D eigenvalue weighted by molar-refractivity contribution is 0.191. The largest absolute Gasteiger partial charge is 0.338 e. The highest BCUT2D eigenvalue weighted by molar-refractivity contribution is 5.30. The molecule has 2 N–H and O–H groups in total. The number of nitrogens with zero attached hydrogens (tertiary/aromatic N) is 3. The summed E-state index contributed by atoms with van der Waals surface area (Å²) in [4.78, 5) is 6.86.